The van der Waals surface area contributed by atoms with E-state index in [-0.39, 0.29) is 11.7 Å². The first kappa shape index (κ1) is 20.2. The number of carbonyl (C=O) groups excluding carboxylic acids is 1. The minimum Gasteiger partial charge on any atom is -0.508 e. The van der Waals surface area contributed by atoms with Crippen LogP contribution < -0.4 is 5.32 Å². The summed E-state index contributed by atoms with van der Waals surface area (Å²) in [4.78, 5) is 11.4. The summed E-state index contributed by atoms with van der Waals surface area (Å²) in [5.74, 6) is 0.122. The van der Waals surface area contributed by atoms with Crippen LogP contribution >= 0.6 is 0 Å². The van der Waals surface area contributed by atoms with Crippen molar-refractivity contribution < 1.29 is 9.90 Å². The molecule has 146 valence electrons. The van der Waals surface area contributed by atoms with Crippen LogP contribution in [0.3, 0.4) is 0 Å². The van der Waals surface area contributed by atoms with Gasteiger partial charge in [0, 0.05) is 13.1 Å². The second-order valence-electron chi connectivity index (χ2n) is 6.69. The summed E-state index contributed by atoms with van der Waals surface area (Å²) in [6.45, 7) is 2.16. The highest BCUT2D eigenvalue weighted by molar-refractivity contribution is 5.98. The number of aromatic hydroxyl groups is 1. The Kier molecular flexibility index (Phi) is 6.64. The van der Waals surface area contributed by atoms with Crippen molar-refractivity contribution in [1.82, 2.24) is 5.32 Å². The maximum absolute atomic E-state index is 11.4. The van der Waals surface area contributed by atoms with Crippen LogP contribution in [-0.4, -0.2) is 18.1 Å². The number of nitrogens with one attached hydrogen (secondary N) is 1. The molecule has 29 heavy (non-hydrogen) atoms. The molecular weight excluding hydrogens is 358 g/mol. The lowest BCUT2D eigenvalue weighted by molar-refractivity contribution is -0.115. The van der Waals surface area contributed by atoms with Crippen LogP contribution in [-0.2, 0) is 4.79 Å². The molecule has 0 aromatic heterocycles. The van der Waals surface area contributed by atoms with Crippen molar-refractivity contribution in [3.8, 4) is 5.75 Å². The first-order valence-corrected chi connectivity index (χ1v) is 9.70. The molecule has 0 radical (unpaired) electrons. The predicted molar refractivity (Wildman–Crippen MR) is 120 cm³/mol. The fourth-order valence-corrected chi connectivity index (χ4v) is 3.32. The van der Waals surface area contributed by atoms with Crippen LogP contribution in [0.1, 0.15) is 35.6 Å². The second kappa shape index (κ2) is 9.56. The van der Waals surface area contributed by atoms with Crippen molar-refractivity contribution in [3.63, 3.8) is 0 Å². The van der Waals surface area contributed by atoms with Gasteiger partial charge < -0.3 is 10.4 Å². The van der Waals surface area contributed by atoms with Gasteiger partial charge in [-0.25, -0.2) is 0 Å². The van der Waals surface area contributed by atoms with E-state index >= 15 is 0 Å². The third-order valence-electron chi connectivity index (χ3n) is 4.81. The molecule has 3 heteroatoms. The quantitative estimate of drug-likeness (QED) is 0.435. The van der Waals surface area contributed by atoms with E-state index in [0.717, 1.165) is 28.7 Å². The van der Waals surface area contributed by atoms with Crippen molar-refractivity contribution in [3.05, 3.63) is 107 Å². The molecule has 2 N–H and O–H groups in total. The molecule has 0 unspecified atom stereocenters. The highest BCUT2D eigenvalue weighted by atomic mass is 16.3. The van der Waals surface area contributed by atoms with Gasteiger partial charge in [-0.15, -0.1) is 0 Å². The Labute approximate surface area is 172 Å². The summed E-state index contributed by atoms with van der Waals surface area (Å²) in [5.41, 5.74) is 6.66. The smallest absolute Gasteiger partial charge is 0.243 e. The van der Waals surface area contributed by atoms with Gasteiger partial charge >= 0.3 is 0 Å². The lowest BCUT2D eigenvalue weighted by Crippen LogP contribution is -2.13. The fraction of sp³-hybridized carbons (Fsp3) is 0.115. The zero-order chi connectivity index (χ0) is 20.6. The summed E-state index contributed by atoms with van der Waals surface area (Å²) in [5, 5.41) is 12.3. The standard InChI is InChI=1S/C26H25NO2/c1-3-24(20-7-5-4-6-8-20)26(22-14-16-23(28)17-15-22)21-12-9-19(10-13-21)11-18-25(29)27-2/h4-18,28H,3H2,1-2H3,(H,27,29)/b18-11+,26-24+. The lowest BCUT2D eigenvalue weighted by atomic mass is 9.88. The van der Waals surface area contributed by atoms with Gasteiger partial charge in [-0.2, -0.15) is 0 Å². The SMILES string of the molecule is CC/C(=C(\c1ccc(O)cc1)c1ccc(/C=C/C(=O)NC)cc1)c1ccccc1. The summed E-state index contributed by atoms with van der Waals surface area (Å²) >= 11 is 0. The average Bonchev–Trinajstić information content (AvgIpc) is 2.77. The van der Waals surface area contributed by atoms with E-state index in [1.165, 1.54) is 17.2 Å². The van der Waals surface area contributed by atoms with Crippen molar-refractivity contribution in [2.45, 2.75) is 13.3 Å². The molecule has 0 atom stereocenters. The lowest BCUT2D eigenvalue weighted by Gasteiger charge is -2.16. The highest BCUT2D eigenvalue weighted by Gasteiger charge is 2.13. The van der Waals surface area contributed by atoms with Crippen LogP contribution in [0.4, 0.5) is 0 Å². The minimum absolute atomic E-state index is 0.129. The molecule has 0 saturated carbocycles. The van der Waals surface area contributed by atoms with E-state index in [9.17, 15) is 9.90 Å². The first-order chi connectivity index (χ1) is 14.1. The molecule has 0 heterocycles. The Balaban J connectivity index is 2.11. The second-order valence-corrected chi connectivity index (χ2v) is 6.69. The Bertz CT molecular complexity index is 1010. The van der Waals surface area contributed by atoms with Crippen LogP contribution in [0, 0.1) is 0 Å². The number of hydrogen-bond acceptors (Lipinski definition) is 2. The number of amides is 1. The maximum atomic E-state index is 11.4. The van der Waals surface area contributed by atoms with Crippen LogP contribution in [0.25, 0.3) is 17.2 Å². The molecule has 0 spiro atoms. The summed E-state index contributed by atoms with van der Waals surface area (Å²) in [6.07, 6.45) is 4.19. The minimum atomic E-state index is -0.129. The van der Waals surface area contributed by atoms with Crippen molar-refractivity contribution in [1.29, 1.82) is 0 Å². The largest absolute Gasteiger partial charge is 0.508 e. The van der Waals surface area contributed by atoms with Gasteiger partial charge in [0.1, 0.15) is 5.75 Å². The van der Waals surface area contributed by atoms with Gasteiger partial charge in [-0.1, -0.05) is 73.7 Å². The number of allylic oxidation sites excluding steroid dienone is 1. The third-order valence-corrected chi connectivity index (χ3v) is 4.81. The molecule has 3 aromatic rings. The molecule has 3 nitrogen and oxygen atoms in total. The fourth-order valence-electron chi connectivity index (χ4n) is 3.32. The Morgan fingerprint density at radius 1 is 0.862 bits per heavy atom. The Hall–Kier alpha value is -3.59. The highest BCUT2D eigenvalue weighted by Crippen LogP contribution is 2.35. The average molecular weight is 383 g/mol. The van der Waals surface area contributed by atoms with Crippen LogP contribution in [0.15, 0.2) is 84.9 Å². The normalized spacial score (nSPS) is 11.9. The topological polar surface area (TPSA) is 49.3 Å². The van der Waals surface area contributed by atoms with Gasteiger partial charge in [-0.05, 0) is 58.0 Å². The van der Waals surface area contributed by atoms with Gasteiger partial charge in [0.25, 0.3) is 0 Å². The van der Waals surface area contributed by atoms with E-state index in [0.29, 0.717) is 0 Å². The maximum Gasteiger partial charge on any atom is 0.243 e. The monoisotopic (exact) mass is 383 g/mol. The van der Waals surface area contributed by atoms with E-state index < -0.39 is 0 Å². The van der Waals surface area contributed by atoms with Gasteiger partial charge in [0.15, 0.2) is 0 Å². The molecule has 0 aliphatic heterocycles. The number of phenolic OH excluding ortho intramolecular Hbond substituents is 1. The zero-order valence-electron chi connectivity index (χ0n) is 16.7. The number of hydrogen-bond donors (Lipinski definition) is 2. The van der Waals surface area contributed by atoms with Gasteiger partial charge in [-0.3, -0.25) is 4.79 Å². The van der Waals surface area contributed by atoms with E-state index in [1.54, 1.807) is 25.3 Å². The van der Waals surface area contributed by atoms with E-state index in [2.05, 4.69) is 36.5 Å². The first-order valence-electron chi connectivity index (χ1n) is 9.70. The molecule has 0 bridgehead atoms. The van der Waals surface area contributed by atoms with E-state index in [1.807, 2.05) is 42.5 Å². The molecule has 0 fully saturated rings. The summed E-state index contributed by atoms with van der Waals surface area (Å²) in [7, 11) is 1.61. The Morgan fingerprint density at radius 2 is 1.45 bits per heavy atom. The van der Waals surface area contributed by atoms with Gasteiger partial charge in [0.05, 0.1) is 0 Å². The van der Waals surface area contributed by atoms with Crippen molar-refractivity contribution in [2.24, 2.45) is 0 Å². The Morgan fingerprint density at radius 3 is 2.00 bits per heavy atom. The predicted octanol–water partition coefficient (Wildman–Crippen LogP) is 5.52. The number of benzene rings is 3. The molecule has 0 aliphatic rings. The van der Waals surface area contributed by atoms with Crippen molar-refractivity contribution in [2.75, 3.05) is 7.05 Å². The molecule has 0 aliphatic carbocycles. The van der Waals surface area contributed by atoms with Crippen LogP contribution in [0.5, 0.6) is 5.75 Å². The van der Waals surface area contributed by atoms with Crippen molar-refractivity contribution >= 4 is 23.1 Å². The van der Waals surface area contributed by atoms with Gasteiger partial charge in [0.2, 0.25) is 5.91 Å². The molecule has 0 saturated heterocycles. The molecule has 3 aromatic carbocycles. The molecule has 1 amide bonds. The summed E-state index contributed by atoms with van der Waals surface area (Å²) < 4.78 is 0. The third kappa shape index (κ3) is 5.02. The van der Waals surface area contributed by atoms with E-state index in [4.69, 9.17) is 0 Å². The number of carbonyl (C=O) groups is 1. The number of phenols is 1. The summed E-state index contributed by atoms with van der Waals surface area (Å²) in [6, 6.07) is 25.9. The van der Waals surface area contributed by atoms with Crippen LogP contribution in [0.2, 0.25) is 0 Å². The zero-order valence-corrected chi connectivity index (χ0v) is 16.7. The molecule has 3 rings (SSSR count). The number of rotatable bonds is 6. The number of likely N-dealkylation sites (N-methyl/N-ethyl adjacent to an activating group) is 1. The molecular formula is C26H25NO2.